The number of unbranched alkanes of at least 4 members (excludes halogenated alkanes) is 5. The van der Waals surface area contributed by atoms with E-state index in [9.17, 15) is 14.9 Å². The lowest BCUT2D eigenvalue weighted by molar-refractivity contribution is -0.491. The number of thioether (sulfide) groups is 2. The van der Waals surface area contributed by atoms with Gasteiger partial charge in [-0.25, -0.2) is 4.79 Å². The van der Waals surface area contributed by atoms with E-state index >= 15 is 0 Å². The van der Waals surface area contributed by atoms with E-state index in [0.29, 0.717) is 12.3 Å². The zero-order valence-electron chi connectivity index (χ0n) is 14.4. The lowest BCUT2D eigenvalue weighted by Crippen LogP contribution is -2.39. The second-order valence-electron chi connectivity index (χ2n) is 5.66. The number of ether oxygens (including phenoxy) is 1. The molecule has 8 heteroatoms. The van der Waals surface area contributed by atoms with Crippen molar-refractivity contribution >= 4 is 34.5 Å². The van der Waals surface area contributed by atoms with E-state index in [0.717, 1.165) is 17.9 Å². The molecule has 24 heavy (non-hydrogen) atoms. The van der Waals surface area contributed by atoms with E-state index in [-0.39, 0.29) is 11.7 Å². The van der Waals surface area contributed by atoms with Crippen LogP contribution in [0.5, 0.6) is 0 Å². The first-order chi connectivity index (χ1) is 11.7. The van der Waals surface area contributed by atoms with Crippen LogP contribution in [-0.4, -0.2) is 52.4 Å². The molecule has 1 rings (SSSR count). The van der Waals surface area contributed by atoms with Crippen molar-refractivity contribution in [3.8, 4) is 0 Å². The molecule has 0 aromatic heterocycles. The van der Waals surface area contributed by atoms with Crippen molar-refractivity contribution in [3.63, 3.8) is 0 Å². The van der Waals surface area contributed by atoms with Crippen LogP contribution in [0.3, 0.4) is 0 Å². The number of hydrogen-bond donors (Lipinski definition) is 0. The summed E-state index contributed by atoms with van der Waals surface area (Å²) in [7, 11) is 0. The fourth-order valence-corrected chi connectivity index (χ4v) is 4.10. The molecule has 0 aliphatic carbocycles. The van der Waals surface area contributed by atoms with Crippen molar-refractivity contribution in [1.29, 1.82) is 0 Å². The Bertz CT molecular complexity index is 419. The highest BCUT2D eigenvalue weighted by Gasteiger charge is 2.38. The predicted octanol–water partition coefficient (Wildman–Crippen LogP) is 3.80. The van der Waals surface area contributed by atoms with E-state index in [1.165, 1.54) is 50.3 Å². The van der Waals surface area contributed by atoms with Crippen LogP contribution >= 0.6 is 23.5 Å². The molecule has 0 amide bonds. The Morgan fingerprint density at radius 3 is 2.75 bits per heavy atom. The molecule has 0 saturated carbocycles. The summed E-state index contributed by atoms with van der Waals surface area (Å²) >= 11 is 3.02. The Kier molecular flexibility index (Phi) is 12.0. The van der Waals surface area contributed by atoms with Crippen LogP contribution in [0.15, 0.2) is 4.99 Å². The minimum absolute atomic E-state index is 0.224. The smallest absolute Gasteiger partial charge is 0.389 e. The maximum absolute atomic E-state index is 12.0. The molecule has 138 valence electrons. The molecule has 1 aliphatic rings. The van der Waals surface area contributed by atoms with Gasteiger partial charge >= 0.3 is 12.0 Å². The topological polar surface area (TPSA) is 81.8 Å². The maximum atomic E-state index is 12.0. The lowest BCUT2D eigenvalue weighted by atomic mass is 10.1. The monoisotopic (exact) mass is 376 g/mol. The highest BCUT2D eigenvalue weighted by atomic mass is 32.2. The fourth-order valence-electron chi connectivity index (χ4n) is 2.29. The first-order valence-electron chi connectivity index (χ1n) is 8.71. The normalized spacial score (nSPS) is 15.6. The second kappa shape index (κ2) is 13.5. The van der Waals surface area contributed by atoms with Crippen LogP contribution in [-0.2, 0) is 9.53 Å². The van der Waals surface area contributed by atoms with E-state index < -0.39 is 16.9 Å². The van der Waals surface area contributed by atoms with Crippen molar-refractivity contribution in [1.82, 2.24) is 0 Å². The quantitative estimate of drug-likeness (QED) is 0.210. The van der Waals surface area contributed by atoms with Gasteiger partial charge in [-0.3, -0.25) is 15.1 Å². The third kappa shape index (κ3) is 8.92. The first-order valence-corrected chi connectivity index (χ1v) is 10.9. The summed E-state index contributed by atoms with van der Waals surface area (Å²) in [6.07, 6.45) is 8.47. The van der Waals surface area contributed by atoms with Crippen LogP contribution in [0.1, 0.15) is 51.9 Å². The SMILES string of the molecule is CCCCCCCCSCCOC(=O)C(C1=NCCCS1)[N+](=O)[O-]. The molecule has 0 bridgehead atoms. The number of hydrogen-bond acceptors (Lipinski definition) is 7. The van der Waals surface area contributed by atoms with Crippen LogP contribution in [0.4, 0.5) is 0 Å². The Morgan fingerprint density at radius 1 is 1.33 bits per heavy atom. The summed E-state index contributed by atoms with van der Waals surface area (Å²) in [6.45, 7) is 2.98. The first kappa shape index (κ1) is 21.3. The van der Waals surface area contributed by atoms with E-state index in [2.05, 4.69) is 11.9 Å². The molecule has 0 aromatic carbocycles. The summed E-state index contributed by atoms with van der Waals surface area (Å²) in [5.41, 5.74) is 0. The summed E-state index contributed by atoms with van der Waals surface area (Å²) in [5.74, 6) is 1.72. The maximum Gasteiger partial charge on any atom is 0.389 e. The molecule has 1 heterocycles. The Balaban J connectivity index is 2.13. The summed E-state index contributed by atoms with van der Waals surface area (Å²) in [4.78, 5) is 26.6. The van der Waals surface area contributed by atoms with Crippen LogP contribution in [0.25, 0.3) is 0 Å². The second-order valence-corrected chi connectivity index (χ2v) is 8.00. The molecule has 0 spiro atoms. The standard InChI is InChI=1S/C16H28N2O4S2/c1-2-3-4-5-6-7-11-23-13-10-22-16(19)14(18(20)21)15-17-9-8-12-24-15/h14H,2-13H2,1H3. The highest BCUT2D eigenvalue weighted by molar-refractivity contribution is 8.14. The predicted molar refractivity (Wildman–Crippen MR) is 102 cm³/mol. The van der Waals surface area contributed by atoms with Crippen molar-refractivity contribution < 1.29 is 14.5 Å². The Morgan fingerprint density at radius 2 is 2.08 bits per heavy atom. The highest BCUT2D eigenvalue weighted by Crippen LogP contribution is 2.18. The minimum atomic E-state index is -1.45. The summed E-state index contributed by atoms with van der Waals surface area (Å²) in [5, 5.41) is 11.4. The van der Waals surface area contributed by atoms with Crippen molar-refractivity contribution in [2.24, 2.45) is 4.99 Å². The van der Waals surface area contributed by atoms with Gasteiger partial charge in [-0.15, -0.1) is 11.8 Å². The number of nitrogens with zero attached hydrogens (tertiary/aromatic N) is 2. The van der Waals surface area contributed by atoms with Crippen LogP contribution in [0, 0.1) is 10.1 Å². The van der Waals surface area contributed by atoms with E-state index in [1.807, 2.05) is 0 Å². The number of aliphatic imine (C=N–C) groups is 1. The van der Waals surface area contributed by atoms with Gasteiger partial charge in [0.25, 0.3) is 0 Å². The van der Waals surface area contributed by atoms with Gasteiger partial charge in [-0.05, 0) is 18.6 Å². The van der Waals surface area contributed by atoms with Gasteiger partial charge in [-0.2, -0.15) is 11.8 Å². The van der Waals surface area contributed by atoms with Crippen molar-refractivity contribution in [3.05, 3.63) is 10.1 Å². The van der Waals surface area contributed by atoms with Gasteiger partial charge in [0.1, 0.15) is 6.61 Å². The number of esters is 1. The average molecular weight is 377 g/mol. The average Bonchev–Trinajstić information content (AvgIpc) is 2.57. The summed E-state index contributed by atoms with van der Waals surface area (Å²) < 4.78 is 5.08. The molecule has 0 radical (unpaired) electrons. The van der Waals surface area contributed by atoms with Crippen LogP contribution in [0.2, 0.25) is 0 Å². The van der Waals surface area contributed by atoms with Crippen molar-refractivity contribution in [2.45, 2.75) is 57.9 Å². The van der Waals surface area contributed by atoms with E-state index in [1.54, 1.807) is 11.8 Å². The minimum Gasteiger partial charge on any atom is -0.459 e. The fraction of sp³-hybridized carbons (Fsp3) is 0.875. The van der Waals surface area contributed by atoms with Gasteiger partial charge < -0.3 is 4.74 Å². The lowest BCUT2D eigenvalue weighted by Gasteiger charge is -2.14. The zero-order chi connectivity index (χ0) is 17.6. The van der Waals surface area contributed by atoms with Crippen molar-refractivity contribution in [2.75, 3.05) is 30.4 Å². The summed E-state index contributed by atoms with van der Waals surface area (Å²) in [6, 6.07) is -1.45. The van der Waals surface area contributed by atoms with E-state index in [4.69, 9.17) is 4.74 Å². The molecular weight excluding hydrogens is 348 g/mol. The number of rotatable bonds is 13. The molecular formula is C16H28N2O4S2. The molecule has 1 atom stereocenters. The zero-order valence-corrected chi connectivity index (χ0v) is 16.0. The Hall–Kier alpha value is -0.760. The van der Waals surface area contributed by atoms with Gasteiger partial charge in [0.2, 0.25) is 0 Å². The molecule has 0 saturated heterocycles. The molecule has 0 N–H and O–H groups in total. The molecule has 6 nitrogen and oxygen atoms in total. The molecule has 0 fully saturated rings. The third-order valence-corrected chi connectivity index (χ3v) is 5.78. The third-order valence-electron chi connectivity index (χ3n) is 3.60. The van der Waals surface area contributed by atoms with Gasteiger partial charge in [0.05, 0.1) is 0 Å². The van der Waals surface area contributed by atoms with Gasteiger partial charge in [-0.1, -0.05) is 39.0 Å². The van der Waals surface area contributed by atoms with Crippen LogP contribution < -0.4 is 0 Å². The van der Waals surface area contributed by atoms with Gasteiger partial charge in [0.15, 0.2) is 5.04 Å². The largest absolute Gasteiger partial charge is 0.459 e. The number of nitro groups is 1. The number of carbonyl (C=O) groups excluding carboxylic acids is 1. The molecule has 0 aromatic rings. The Labute approximate surface area is 152 Å². The number of carbonyl (C=O) groups is 1. The van der Waals surface area contributed by atoms with Gasteiger partial charge in [0, 0.05) is 23.0 Å². The molecule has 1 aliphatic heterocycles. The molecule has 1 unspecified atom stereocenters.